The van der Waals surface area contributed by atoms with E-state index in [2.05, 4.69) is 0 Å². The van der Waals surface area contributed by atoms with Gasteiger partial charge in [-0.2, -0.15) is 0 Å². The summed E-state index contributed by atoms with van der Waals surface area (Å²) in [6, 6.07) is 12.8. The average Bonchev–Trinajstić information content (AvgIpc) is 3.36. The fourth-order valence-corrected chi connectivity index (χ4v) is 6.40. The Labute approximate surface area is 203 Å². The first-order valence-electron chi connectivity index (χ1n) is 11.3. The number of hydrogen-bond donors (Lipinski definition) is 2. The summed E-state index contributed by atoms with van der Waals surface area (Å²) in [6.07, 6.45) is 0.295. The van der Waals surface area contributed by atoms with E-state index in [1.54, 1.807) is 36.3 Å². The number of rotatable bonds is 7. The van der Waals surface area contributed by atoms with Crippen LogP contribution in [0.1, 0.15) is 29.6 Å². The quantitative estimate of drug-likeness (QED) is 0.431. The maximum Gasteiger partial charge on any atom is 0.265 e. The van der Waals surface area contributed by atoms with E-state index in [1.807, 2.05) is 0 Å². The molecule has 0 aliphatic carbocycles. The molecule has 35 heavy (non-hydrogen) atoms. The smallest absolute Gasteiger partial charge is 0.265 e. The standard InChI is InChI=1S/C24H28N2O8S/c1-32-18-4-2-17(3-5-18)22(27)26-13-10-20(16-26)34-19-6-8-21(9-7-19)35(30,31)24(23(28)25-29)11-14-33-15-12-24/h2-9,20,29H,10-16H2,1H3,(H,25,28)/t20-/m0/s1. The maximum absolute atomic E-state index is 13.3. The Bertz CT molecular complexity index is 1160. The molecule has 0 saturated carbocycles. The van der Waals surface area contributed by atoms with E-state index in [1.165, 1.54) is 29.7 Å². The van der Waals surface area contributed by atoms with Gasteiger partial charge in [0.1, 0.15) is 17.6 Å². The molecule has 1 atom stereocenters. The summed E-state index contributed by atoms with van der Waals surface area (Å²) in [5.41, 5.74) is 2.07. The predicted molar refractivity (Wildman–Crippen MR) is 124 cm³/mol. The molecule has 0 bridgehead atoms. The van der Waals surface area contributed by atoms with Gasteiger partial charge < -0.3 is 19.1 Å². The van der Waals surface area contributed by atoms with Crippen molar-refractivity contribution in [2.75, 3.05) is 33.4 Å². The molecular weight excluding hydrogens is 476 g/mol. The van der Waals surface area contributed by atoms with Crippen molar-refractivity contribution in [1.82, 2.24) is 10.4 Å². The lowest BCUT2D eigenvalue weighted by molar-refractivity contribution is -0.134. The summed E-state index contributed by atoms with van der Waals surface area (Å²) in [5.74, 6) is 0.0764. The van der Waals surface area contributed by atoms with Crippen LogP contribution in [0.2, 0.25) is 0 Å². The zero-order valence-electron chi connectivity index (χ0n) is 19.3. The van der Waals surface area contributed by atoms with Gasteiger partial charge in [0.25, 0.3) is 11.8 Å². The van der Waals surface area contributed by atoms with Crippen LogP contribution in [-0.4, -0.2) is 74.6 Å². The number of methoxy groups -OCH3 is 1. The third-order valence-electron chi connectivity index (χ3n) is 6.54. The van der Waals surface area contributed by atoms with Crippen LogP contribution < -0.4 is 15.0 Å². The molecule has 0 aromatic heterocycles. The molecule has 2 aliphatic rings. The van der Waals surface area contributed by atoms with Crippen LogP contribution in [0.4, 0.5) is 0 Å². The lowest BCUT2D eigenvalue weighted by Crippen LogP contribution is -2.54. The molecule has 2 aromatic rings. The topological polar surface area (TPSA) is 131 Å². The largest absolute Gasteiger partial charge is 0.497 e. The number of ether oxygens (including phenoxy) is 3. The van der Waals surface area contributed by atoms with E-state index >= 15 is 0 Å². The SMILES string of the molecule is COc1ccc(C(=O)N2CC[C@H](Oc3ccc(S(=O)(=O)C4(C(=O)NO)CCOCC4)cc3)C2)cc1. The molecule has 2 amide bonds. The average molecular weight is 505 g/mol. The fourth-order valence-electron chi connectivity index (χ4n) is 4.46. The summed E-state index contributed by atoms with van der Waals surface area (Å²) >= 11 is 0. The monoisotopic (exact) mass is 504 g/mol. The van der Waals surface area contributed by atoms with E-state index in [4.69, 9.17) is 19.4 Å². The molecule has 2 aliphatic heterocycles. The van der Waals surface area contributed by atoms with Crippen molar-refractivity contribution in [2.45, 2.75) is 35.0 Å². The minimum absolute atomic E-state index is 0.0434. The highest BCUT2D eigenvalue weighted by Gasteiger charge is 2.52. The summed E-state index contributed by atoms with van der Waals surface area (Å²) in [7, 11) is -2.54. The van der Waals surface area contributed by atoms with Gasteiger partial charge in [0.05, 0.1) is 18.6 Å². The minimum atomic E-state index is -4.10. The molecule has 2 fully saturated rings. The van der Waals surface area contributed by atoms with Gasteiger partial charge in [0.15, 0.2) is 14.6 Å². The Balaban J connectivity index is 1.42. The normalized spacial score (nSPS) is 19.7. The van der Waals surface area contributed by atoms with Gasteiger partial charge in [-0.1, -0.05) is 0 Å². The van der Waals surface area contributed by atoms with Gasteiger partial charge in [-0.3, -0.25) is 14.8 Å². The lowest BCUT2D eigenvalue weighted by Gasteiger charge is -2.34. The first-order valence-corrected chi connectivity index (χ1v) is 12.8. The van der Waals surface area contributed by atoms with Crippen molar-refractivity contribution in [3.8, 4) is 11.5 Å². The van der Waals surface area contributed by atoms with Crippen LogP contribution in [0.5, 0.6) is 11.5 Å². The summed E-state index contributed by atoms with van der Waals surface area (Å²) < 4.78 is 41.2. The van der Waals surface area contributed by atoms with Crippen LogP contribution in [0.25, 0.3) is 0 Å². The second-order valence-corrected chi connectivity index (χ2v) is 10.8. The number of carbonyl (C=O) groups excluding carboxylic acids is 2. The van der Waals surface area contributed by atoms with Gasteiger partial charge in [-0.15, -0.1) is 0 Å². The Morgan fingerprint density at radius 1 is 1.06 bits per heavy atom. The molecule has 2 saturated heterocycles. The van der Waals surface area contributed by atoms with Gasteiger partial charge in [0.2, 0.25) is 0 Å². The Morgan fingerprint density at radius 2 is 1.69 bits per heavy atom. The van der Waals surface area contributed by atoms with Crippen LogP contribution in [0.15, 0.2) is 53.4 Å². The van der Waals surface area contributed by atoms with Crippen molar-refractivity contribution in [3.63, 3.8) is 0 Å². The highest BCUT2D eigenvalue weighted by atomic mass is 32.2. The highest BCUT2D eigenvalue weighted by molar-refractivity contribution is 7.93. The van der Waals surface area contributed by atoms with Gasteiger partial charge in [-0.05, 0) is 61.4 Å². The molecule has 2 aromatic carbocycles. The minimum Gasteiger partial charge on any atom is -0.497 e. The highest BCUT2D eigenvalue weighted by Crippen LogP contribution is 2.36. The van der Waals surface area contributed by atoms with E-state index in [-0.39, 0.29) is 43.0 Å². The van der Waals surface area contributed by atoms with Gasteiger partial charge in [0, 0.05) is 31.7 Å². The molecule has 4 rings (SSSR count). The molecular formula is C24H28N2O8S. The van der Waals surface area contributed by atoms with Crippen LogP contribution in [0, 0.1) is 0 Å². The number of likely N-dealkylation sites (tertiary alicyclic amines) is 1. The molecule has 188 valence electrons. The summed E-state index contributed by atoms with van der Waals surface area (Å²) in [5, 5.41) is 9.16. The van der Waals surface area contributed by atoms with Crippen LogP contribution in [0.3, 0.4) is 0 Å². The first-order chi connectivity index (χ1) is 16.8. The number of hydrogen-bond acceptors (Lipinski definition) is 8. The molecule has 0 unspecified atom stereocenters. The third-order valence-corrected chi connectivity index (χ3v) is 9.05. The van der Waals surface area contributed by atoms with Crippen molar-refractivity contribution in [3.05, 3.63) is 54.1 Å². The molecule has 0 spiro atoms. The Morgan fingerprint density at radius 3 is 2.29 bits per heavy atom. The molecule has 11 heteroatoms. The Hall–Kier alpha value is -3.15. The number of hydroxylamine groups is 1. The summed E-state index contributed by atoms with van der Waals surface area (Å²) in [4.78, 5) is 26.8. The van der Waals surface area contributed by atoms with E-state index < -0.39 is 20.5 Å². The summed E-state index contributed by atoms with van der Waals surface area (Å²) in [6.45, 7) is 1.15. The number of benzene rings is 2. The van der Waals surface area contributed by atoms with Gasteiger partial charge in [-0.25, -0.2) is 13.9 Å². The van der Waals surface area contributed by atoms with Crippen LogP contribution in [-0.2, 0) is 19.4 Å². The number of carbonyl (C=O) groups is 2. The van der Waals surface area contributed by atoms with E-state index in [0.717, 1.165) is 0 Å². The number of nitrogens with one attached hydrogen (secondary N) is 1. The number of amides is 2. The Kier molecular flexibility index (Phi) is 7.29. The van der Waals surface area contributed by atoms with Crippen molar-refractivity contribution >= 4 is 21.7 Å². The molecule has 10 nitrogen and oxygen atoms in total. The zero-order chi connectivity index (χ0) is 25.1. The number of nitrogens with zero attached hydrogens (tertiary/aromatic N) is 1. The second-order valence-electron chi connectivity index (χ2n) is 8.53. The van der Waals surface area contributed by atoms with E-state index in [0.29, 0.717) is 36.6 Å². The fraction of sp³-hybridized carbons (Fsp3) is 0.417. The molecule has 0 radical (unpaired) electrons. The maximum atomic E-state index is 13.3. The van der Waals surface area contributed by atoms with Gasteiger partial charge >= 0.3 is 0 Å². The molecule has 2 N–H and O–H groups in total. The zero-order valence-corrected chi connectivity index (χ0v) is 20.1. The third kappa shape index (κ3) is 4.84. The number of sulfone groups is 1. The van der Waals surface area contributed by atoms with Crippen molar-refractivity contribution in [1.29, 1.82) is 0 Å². The van der Waals surface area contributed by atoms with Crippen molar-refractivity contribution < 1.29 is 37.4 Å². The first kappa shape index (κ1) is 25.0. The van der Waals surface area contributed by atoms with Crippen molar-refractivity contribution in [2.24, 2.45) is 0 Å². The van der Waals surface area contributed by atoms with Crippen LogP contribution >= 0.6 is 0 Å². The predicted octanol–water partition coefficient (Wildman–Crippen LogP) is 1.82. The molecule has 2 heterocycles. The second kappa shape index (κ2) is 10.2. The lowest BCUT2D eigenvalue weighted by atomic mass is 9.98. The van der Waals surface area contributed by atoms with E-state index in [9.17, 15) is 18.0 Å².